The SMILES string of the molecule is O=C(/C=C/c1ccc(Br)o1)OCC(=O)c1ccc(Cl)c(Cl)c1. The molecule has 1 aromatic carbocycles. The monoisotopic (exact) mass is 402 g/mol. The number of benzene rings is 1. The summed E-state index contributed by atoms with van der Waals surface area (Å²) in [5.74, 6) is -0.540. The Morgan fingerprint density at radius 1 is 1.18 bits per heavy atom. The molecule has 114 valence electrons. The van der Waals surface area contributed by atoms with E-state index in [-0.39, 0.29) is 17.4 Å². The molecular formula is C15H9BrCl2O4. The first-order valence-corrected chi connectivity index (χ1v) is 7.59. The van der Waals surface area contributed by atoms with E-state index < -0.39 is 5.97 Å². The summed E-state index contributed by atoms with van der Waals surface area (Å²) < 4.78 is 10.6. The second-order valence-electron chi connectivity index (χ2n) is 4.13. The fourth-order valence-electron chi connectivity index (χ4n) is 1.51. The number of carbonyl (C=O) groups is 2. The van der Waals surface area contributed by atoms with Crippen molar-refractivity contribution in [2.75, 3.05) is 6.61 Å². The number of Topliss-reactive ketones (excluding diaryl/α,β-unsaturated/α-hetero) is 1. The third-order valence-electron chi connectivity index (χ3n) is 2.56. The fraction of sp³-hybridized carbons (Fsp3) is 0.0667. The molecule has 2 aromatic rings. The van der Waals surface area contributed by atoms with Crippen molar-refractivity contribution in [1.82, 2.24) is 0 Å². The molecule has 1 heterocycles. The van der Waals surface area contributed by atoms with Crippen molar-refractivity contribution in [3.63, 3.8) is 0 Å². The van der Waals surface area contributed by atoms with Crippen molar-refractivity contribution >= 4 is 57.0 Å². The number of carbonyl (C=O) groups excluding carboxylic acids is 2. The van der Waals surface area contributed by atoms with Crippen LogP contribution in [0.5, 0.6) is 0 Å². The van der Waals surface area contributed by atoms with Crippen molar-refractivity contribution in [1.29, 1.82) is 0 Å². The Bertz CT molecular complexity index is 737. The molecule has 0 fully saturated rings. The topological polar surface area (TPSA) is 56.5 Å². The molecule has 0 aliphatic carbocycles. The number of halogens is 3. The van der Waals surface area contributed by atoms with Crippen LogP contribution in [0.1, 0.15) is 16.1 Å². The number of hydrogen-bond acceptors (Lipinski definition) is 4. The molecule has 0 unspecified atom stereocenters. The second kappa shape index (κ2) is 7.63. The molecule has 4 nitrogen and oxygen atoms in total. The molecule has 0 saturated carbocycles. The van der Waals surface area contributed by atoms with Crippen molar-refractivity contribution in [3.8, 4) is 0 Å². The third-order valence-corrected chi connectivity index (χ3v) is 3.73. The lowest BCUT2D eigenvalue weighted by Gasteiger charge is -2.03. The maximum Gasteiger partial charge on any atom is 0.331 e. The van der Waals surface area contributed by atoms with Crippen LogP contribution < -0.4 is 0 Å². The van der Waals surface area contributed by atoms with E-state index in [0.717, 1.165) is 0 Å². The van der Waals surface area contributed by atoms with E-state index in [1.807, 2.05) is 0 Å². The molecule has 0 saturated heterocycles. The van der Waals surface area contributed by atoms with E-state index in [9.17, 15) is 9.59 Å². The Morgan fingerprint density at radius 2 is 1.95 bits per heavy atom. The molecule has 0 bridgehead atoms. The summed E-state index contributed by atoms with van der Waals surface area (Å²) in [4.78, 5) is 23.4. The molecule has 0 spiro atoms. The van der Waals surface area contributed by atoms with Gasteiger partial charge in [0.25, 0.3) is 0 Å². The molecule has 0 amide bonds. The molecule has 0 atom stereocenters. The van der Waals surface area contributed by atoms with E-state index in [0.29, 0.717) is 21.0 Å². The summed E-state index contributed by atoms with van der Waals surface area (Å²) in [6, 6.07) is 7.82. The van der Waals surface area contributed by atoms with Gasteiger partial charge in [0.05, 0.1) is 10.0 Å². The van der Waals surface area contributed by atoms with Gasteiger partial charge in [0.15, 0.2) is 17.1 Å². The van der Waals surface area contributed by atoms with Crippen LogP contribution in [0.3, 0.4) is 0 Å². The summed E-state index contributed by atoms with van der Waals surface area (Å²) in [5, 5.41) is 0.616. The van der Waals surface area contributed by atoms with Gasteiger partial charge in [-0.15, -0.1) is 0 Å². The minimum atomic E-state index is -0.652. The standard InChI is InChI=1S/C15H9BrCl2O4/c16-14-5-2-10(22-14)3-6-15(20)21-8-13(19)9-1-4-11(17)12(18)7-9/h1-7H,8H2/b6-3+. The number of furan rings is 1. The van der Waals surface area contributed by atoms with Crippen LogP contribution >= 0.6 is 39.1 Å². The van der Waals surface area contributed by atoms with Crippen molar-refractivity contribution in [3.05, 3.63) is 62.4 Å². The highest BCUT2D eigenvalue weighted by molar-refractivity contribution is 9.10. The van der Waals surface area contributed by atoms with Gasteiger partial charge in [0.2, 0.25) is 0 Å². The number of rotatable bonds is 5. The van der Waals surface area contributed by atoms with Gasteiger partial charge in [0.1, 0.15) is 5.76 Å². The molecule has 22 heavy (non-hydrogen) atoms. The molecule has 0 aliphatic rings. The zero-order chi connectivity index (χ0) is 16.1. The van der Waals surface area contributed by atoms with Crippen LogP contribution in [0.25, 0.3) is 6.08 Å². The maximum absolute atomic E-state index is 11.9. The smallest absolute Gasteiger partial charge is 0.331 e. The molecular weight excluding hydrogens is 395 g/mol. The van der Waals surface area contributed by atoms with Crippen LogP contribution in [0.4, 0.5) is 0 Å². The summed E-state index contributed by atoms with van der Waals surface area (Å²) >= 11 is 14.7. The van der Waals surface area contributed by atoms with Gasteiger partial charge < -0.3 is 9.15 Å². The van der Waals surface area contributed by atoms with Gasteiger partial charge in [0, 0.05) is 11.6 Å². The molecule has 0 radical (unpaired) electrons. The van der Waals surface area contributed by atoms with Gasteiger partial charge in [-0.3, -0.25) is 4.79 Å². The van der Waals surface area contributed by atoms with Crippen molar-refractivity contribution < 1.29 is 18.7 Å². The van der Waals surface area contributed by atoms with E-state index >= 15 is 0 Å². The Kier molecular flexibility index (Phi) is 5.83. The predicted molar refractivity (Wildman–Crippen MR) is 87.2 cm³/mol. The summed E-state index contributed by atoms with van der Waals surface area (Å²) in [6.45, 7) is -0.386. The van der Waals surface area contributed by atoms with Crippen LogP contribution in [0.15, 0.2) is 45.5 Å². The van der Waals surface area contributed by atoms with E-state index in [2.05, 4.69) is 15.9 Å². The van der Waals surface area contributed by atoms with Gasteiger partial charge in [-0.1, -0.05) is 23.2 Å². The quantitative estimate of drug-likeness (QED) is 0.409. The Labute approximate surface area is 144 Å². The van der Waals surface area contributed by atoms with Crippen LogP contribution in [0.2, 0.25) is 10.0 Å². The molecule has 0 aliphatic heterocycles. The van der Waals surface area contributed by atoms with Crippen molar-refractivity contribution in [2.45, 2.75) is 0 Å². The zero-order valence-corrected chi connectivity index (χ0v) is 14.1. The predicted octanol–water partition coefficient (Wildman–Crippen LogP) is 4.79. The normalized spacial score (nSPS) is 10.9. The summed E-state index contributed by atoms with van der Waals surface area (Å²) in [7, 11) is 0. The Hall–Kier alpha value is -1.56. The lowest BCUT2D eigenvalue weighted by Crippen LogP contribution is -2.12. The van der Waals surface area contributed by atoms with Gasteiger partial charge in [-0.05, 0) is 52.3 Å². The van der Waals surface area contributed by atoms with Gasteiger partial charge in [-0.2, -0.15) is 0 Å². The van der Waals surface area contributed by atoms with E-state index in [1.54, 1.807) is 12.1 Å². The highest BCUT2D eigenvalue weighted by atomic mass is 79.9. The number of ether oxygens (including phenoxy) is 1. The molecule has 2 rings (SSSR count). The maximum atomic E-state index is 11.9. The second-order valence-corrected chi connectivity index (χ2v) is 5.73. The number of hydrogen-bond donors (Lipinski definition) is 0. The first kappa shape index (κ1) is 16.8. The zero-order valence-electron chi connectivity index (χ0n) is 11.0. The first-order chi connectivity index (χ1) is 10.5. The van der Waals surface area contributed by atoms with Crippen LogP contribution in [-0.2, 0) is 9.53 Å². The lowest BCUT2D eigenvalue weighted by atomic mass is 10.1. The summed E-state index contributed by atoms with van der Waals surface area (Å²) in [5.41, 5.74) is 0.321. The fourth-order valence-corrected chi connectivity index (χ4v) is 2.12. The average Bonchev–Trinajstić information content (AvgIpc) is 2.91. The Balaban J connectivity index is 1.89. The highest BCUT2D eigenvalue weighted by Gasteiger charge is 2.10. The van der Waals surface area contributed by atoms with E-state index in [1.165, 1.54) is 30.4 Å². The number of ketones is 1. The largest absolute Gasteiger partial charge is 0.454 e. The lowest BCUT2D eigenvalue weighted by molar-refractivity contribution is -0.136. The minimum Gasteiger partial charge on any atom is -0.454 e. The molecule has 7 heteroatoms. The summed E-state index contributed by atoms with van der Waals surface area (Å²) in [6.07, 6.45) is 2.62. The third kappa shape index (κ3) is 4.73. The number of esters is 1. The van der Waals surface area contributed by atoms with Gasteiger partial charge in [-0.25, -0.2) is 4.79 Å². The average molecular weight is 404 g/mol. The van der Waals surface area contributed by atoms with Crippen molar-refractivity contribution in [2.24, 2.45) is 0 Å². The van der Waals surface area contributed by atoms with Crippen LogP contribution in [-0.4, -0.2) is 18.4 Å². The molecule has 1 aromatic heterocycles. The van der Waals surface area contributed by atoms with Gasteiger partial charge >= 0.3 is 5.97 Å². The molecule has 0 N–H and O–H groups in total. The van der Waals surface area contributed by atoms with Crippen LogP contribution in [0, 0.1) is 0 Å². The minimum absolute atomic E-state index is 0.266. The first-order valence-electron chi connectivity index (χ1n) is 6.04. The van der Waals surface area contributed by atoms with E-state index in [4.69, 9.17) is 32.4 Å². The highest BCUT2D eigenvalue weighted by Crippen LogP contribution is 2.22. The Morgan fingerprint density at radius 3 is 2.59 bits per heavy atom.